The molecule has 26 heavy (non-hydrogen) atoms. The lowest BCUT2D eigenvalue weighted by atomic mass is 9.97. The van der Waals surface area contributed by atoms with Gasteiger partial charge in [-0.25, -0.2) is 0 Å². The maximum Gasteiger partial charge on any atom is 0.283 e. The van der Waals surface area contributed by atoms with Crippen molar-refractivity contribution < 1.29 is 14.3 Å². The highest BCUT2D eigenvalue weighted by atomic mass is 35.5. The number of halogens is 1. The zero-order valence-electron chi connectivity index (χ0n) is 15.0. The van der Waals surface area contributed by atoms with Crippen molar-refractivity contribution in [2.75, 3.05) is 20.3 Å². The van der Waals surface area contributed by atoms with Crippen LogP contribution in [-0.4, -0.2) is 30.8 Å². The first-order valence-corrected chi connectivity index (χ1v) is 9.93. The van der Waals surface area contributed by atoms with E-state index in [-0.39, 0.29) is 5.91 Å². The Hall–Kier alpha value is -1.63. The number of carbonyl (C=O) groups is 1. The summed E-state index contributed by atoms with van der Waals surface area (Å²) in [5.74, 6) is 0.809. The average molecular weight is 395 g/mol. The first kappa shape index (κ1) is 19.1. The van der Waals surface area contributed by atoms with E-state index in [1.807, 2.05) is 6.92 Å². The molecule has 1 amide bonds. The van der Waals surface area contributed by atoms with Gasteiger partial charge in [-0.1, -0.05) is 11.6 Å². The lowest BCUT2D eigenvalue weighted by Gasteiger charge is -2.21. The molecule has 0 spiro atoms. The van der Waals surface area contributed by atoms with Crippen molar-refractivity contribution in [3.63, 3.8) is 0 Å². The topological polar surface area (TPSA) is 52.8 Å². The number of methoxy groups -OCH3 is 1. The van der Waals surface area contributed by atoms with Gasteiger partial charge < -0.3 is 14.0 Å². The summed E-state index contributed by atoms with van der Waals surface area (Å²) in [7, 11) is 1.53. The van der Waals surface area contributed by atoms with Crippen molar-refractivity contribution in [1.29, 1.82) is 0 Å². The summed E-state index contributed by atoms with van der Waals surface area (Å²) < 4.78 is 12.8. The molecule has 7 heteroatoms. The molecule has 0 unspecified atom stereocenters. The third-order valence-electron chi connectivity index (χ3n) is 4.54. The molecule has 1 aromatic heterocycles. The van der Waals surface area contributed by atoms with E-state index in [0.29, 0.717) is 27.1 Å². The smallest absolute Gasteiger partial charge is 0.283 e. The summed E-state index contributed by atoms with van der Waals surface area (Å²) >= 11 is 7.55. The third kappa shape index (κ3) is 4.75. The standard InChI is InChI=1S/C19H23ClN2O3S/c1-13-12-22(8-5-14-6-9-25-10-7-14)19(26-13)21-18(23)16-11-15(20)3-4-17(16)24-2/h3-4,11-12,14H,5-10H2,1-2H3/b21-19-. The summed E-state index contributed by atoms with van der Waals surface area (Å²) in [4.78, 5) is 18.9. The number of aromatic nitrogens is 1. The predicted molar refractivity (Wildman–Crippen MR) is 103 cm³/mol. The second kappa shape index (κ2) is 8.84. The minimum atomic E-state index is -0.342. The molecule has 0 saturated carbocycles. The van der Waals surface area contributed by atoms with Gasteiger partial charge in [-0.2, -0.15) is 4.99 Å². The summed E-state index contributed by atoms with van der Waals surface area (Å²) in [5, 5.41) is 0.485. The van der Waals surface area contributed by atoms with Crippen molar-refractivity contribution in [3.8, 4) is 5.75 Å². The Kier molecular flexibility index (Phi) is 6.51. The fraction of sp³-hybridized carbons (Fsp3) is 0.474. The summed E-state index contributed by atoms with van der Waals surface area (Å²) in [6.07, 6.45) is 5.34. The minimum absolute atomic E-state index is 0.342. The fourth-order valence-electron chi connectivity index (χ4n) is 3.10. The molecule has 2 heterocycles. The Morgan fingerprint density at radius 3 is 2.92 bits per heavy atom. The fourth-order valence-corrected chi connectivity index (χ4v) is 4.13. The van der Waals surface area contributed by atoms with Gasteiger partial charge in [0.1, 0.15) is 5.75 Å². The Morgan fingerprint density at radius 1 is 1.42 bits per heavy atom. The van der Waals surface area contributed by atoms with Crippen LogP contribution in [0, 0.1) is 12.8 Å². The predicted octanol–water partition coefficient (Wildman–Crippen LogP) is 4.08. The van der Waals surface area contributed by atoms with Gasteiger partial charge in [-0.05, 0) is 50.3 Å². The van der Waals surface area contributed by atoms with E-state index in [1.165, 1.54) is 18.4 Å². The number of ether oxygens (including phenoxy) is 2. The molecule has 0 aliphatic carbocycles. The molecule has 3 rings (SSSR count). The minimum Gasteiger partial charge on any atom is -0.496 e. The van der Waals surface area contributed by atoms with Crippen molar-refractivity contribution in [3.05, 3.63) is 44.7 Å². The number of benzene rings is 1. The molecule has 0 radical (unpaired) electrons. The number of carbonyl (C=O) groups excluding carboxylic acids is 1. The van der Waals surface area contributed by atoms with E-state index in [9.17, 15) is 4.79 Å². The van der Waals surface area contributed by atoms with Crippen molar-refractivity contribution >= 4 is 28.8 Å². The van der Waals surface area contributed by atoms with Crippen LogP contribution in [0.4, 0.5) is 0 Å². The monoisotopic (exact) mass is 394 g/mol. The van der Waals surface area contributed by atoms with Crippen LogP contribution in [0.2, 0.25) is 5.02 Å². The molecule has 2 aromatic rings. The van der Waals surface area contributed by atoms with Crippen LogP contribution >= 0.6 is 22.9 Å². The Labute approximate surface area is 162 Å². The second-order valence-electron chi connectivity index (χ2n) is 6.42. The van der Waals surface area contributed by atoms with Gasteiger partial charge in [0, 0.05) is 35.9 Å². The van der Waals surface area contributed by atoms with E-state index in [4.69, 9.17) is 21.1 Å². The van der Waals surface area contributed by atoms with Crippen molar-refractivity contribution in [1.82, 2.24) is 4.57 Å². The maximum atomic E-state index is 12.7. The van der Waals surface area contributed by atoms with Crippen LogP contribution in [0.3, 0.4) is 0 Å². The molecule has 1 aliphatic heterocycles. The molecular weight excluding hydrogens is 372 g/mol. The lowest BCUT2D eigenvalue weighted by Crippen LogP contribution is -2.21. The summed E-state index contributed by atoms with van der Waals surface area (Å²) in [5.41, 5.74) is 0.377. The third-order valence-corrected chi connectivity index (χ3v) is 5.71. The lowest BCUT2D eigenvalue weighted by molar-refractivity contribution is 0.0625. The van der Waals surface area contributed by atoms with Gasteiger partial charge in [-0.3, -0.25) is 4.79 Å². The highest BCUT2D eigenvalue weighted by molar-refractivity contribution is 7.09. The van der Waals surface area contributed by atoms with Gasteiger partial charge in [0.2, 0.25) is 0 Å². The largest absolute Gasteiger partial charge is 0.496 e. The van der Waals surface area contributed by atoms with Crippen LogP contribution in [0.25, 0.3) is 0 Å². The molecule has 1 fully saturated rings. The highest BCUT2D eigenvalue weighted by Crippen LogP contribution is 2.23. The Bertz CT molecular complexity index is 838. The summed E-state index contributed by atoms with van der Waals surface area (Å²) in [6, 6.07) is 4.98. The number of amides is 1. The van der Waals surface area contributed by atoms with E-state index in [2.05, 4.69) is 15.8 Å². The zero-order valence-corrected chi connectivity index (χ0v) is 16.6. The average Bonchev–Trinajstić information content (AvgIpc) is 3.00. The van der Waals surface area contributed by atoms with Gasteiger partial charge >= 0.3 is 0 Å². The van der Waals surface area contributed by atoms with E-state index < -0.39 is 0 Å². The maximum absolute atomic E-state index is 12.7. The van der Waals surface area contributed by atoms with Gasteiger partial charge in [-0.15, -0.1) is 11.3 Å². The quantitative estimate of drug-likeness (QED) is 0.767. The van der Waals surface area contributed by atoms with Crippen LogP contribution in [-0.2, 0) is 11.3 Å². The molecule has 140 valence electrons. The van der Waals surface area contributed by atoms with Crippen LogP contribution in [0.5, 0.6) is 5.75 Å². The molecule has 1 aliphatic rings. The number of thiazole rings is 1. The van der Waals surface area contributed by atoms with E-state index >= 15 is 0 Å². The Balaban J connectivity index is 1.82. The first-order valence-electron chi connectivity index (χ1n) is 8.74. The molecule has 1 aromatic carbocycles. The highest BCUT2D eigenvalue weighted by Gasteiger charge is 2.15. The van der Waals surface area contributed by atoms with Crippen LogP contribution in [0.1, 0.15) is 34.5 Å². The molecule has 5 nitrogen and oxygen atoms in total. The van der Waals surface area contributed by atoms with Gasteiger partial charge in [0.15, 0.2) is 4.80 Å². The SMILES string of the molecule is COc1ccc(Cl)cc1C(=O)/N=c1\sc(C)cn1CCC1CCOCC1. The van der Waals surface area contributed by atoms with Crippen molar-refractivity contribution in [2.45, 2.75) is 32.7 Å². The van der Waals surface area contributed by atoms with E-state index in [1.54, 1.807) is 18.2 Å². The molecular formula is C19H23ClN2O3S. The second-order valence-corrected chi connectivity index (χ2v) is 8.07. The number of hydrogen-bond acceptors (Lipinski definition) is 4. The number of hydrogen-bond donors (Lipinski definition) is 0. The van der Waals surface area contributed by atoms with Crippen LogP contribution in [0.15, 0.2) is 29.4 Å². The summed E-state index contributed by atoms with van der Waals surface area (Å²) in [6.45, 7) is 4.58. The number of rotatable bonds is 5. The molecule has 0 N–H and O–H groups in total. The van der Waals surface area contributed by atoms with Gasteiger partial charge in [0.05, 0.1) is 12.7 Å². The molecule has 0 atom stereocenters. The molecule has 0 bridgehead atoms. The number of nitrogens with zero attached hydrogens (tertiary/aromatic N) is 2. The Morgan fingerprint density at radius 2 is 2.19 bits per heavy atom. The zero-order chi connectivity index (χ0) is 18.5. The first-order chi connectivity index (χ1) is 12.6. The number of aryl methyl sites for hydroxylation is 2. The van der Waals surface area contributed by atoms with E-state index in [0.717, 1.165) is 43.9 Å². The molecule has 1 saturated heterocycles. The normalized spacial score (nSPS) is 16.0. The van der Waals surface area contributed by atoms with Crippen molar-refractivity contribution in [2.24, 2.45) is 10.9 Å². The van der Waals surface area contributed by atoms with Gasteiger partial charge in [0.25, 0.3) is 5.91 Å². The van der Waals surface area contributed by atoms with Crippen LogP contribution < -0.4 is 9.54 Å².